The molecule has 4 rings (SSSR count). The van der Waals surface area contributed by atoms with E-state index in [9.17, 15) is 4.79 Å². The third-order valence-corrected chi connectivity index (χ3v) is 6.09. The molecule has 2 unspecified atom stereocenters. The average Bonchev–Trinajstić information content (AvgIpc) is 3.27. The van der Waals surface area contributed by atoms with Crippen LogP contribution in [0.4, 0.5) is 0 Å². The standard InChI is InChI=1S/C26H25ClN2O3/c1-31-25-13-12-19(16-26(25)32-2)22-17-24(20-10-6-7-11-21(20)27)29(28-22)23(14-15-30)18-8-4-3-5-9-18/h3-13,15-16,23-24H,14,17H2,1-2H3. The van der Waals surface area contributed by atoms with Crippen molar-refractivity contribution in [3.63, 3.8) is 0 Å². The van der Waals surface area contributed by atoms with Gasteiger partial charge in [0.25, 0.3) is 0 Å². The summed E-state index contributed by atoms with van der Waals surface area (Å²) >= 11 is 6.59. The molecule has 0 radical (unpaired) electrons. The summed E-state index contributed by atoms with van der Waals surface area (Å²) in [5.41, 5.74) is 3.87. The number of ether oxygens (including phenoxy) is 2. The summed E-state index contributed by atoms with van der Waals surface area (Å²) < 4.78 is 10.9. The number of benzene rings is 3. The predicted molar refractivity (Wildman–Crippen MR) is 127 cm³/mol. The van der Waals surface area contributed by atoms with Gasteiger partial charge in [-0.05, 0) is 35.4 Å². The van der Waals surface area contributed by atoms with Crippen LogP contribution in [-0.4, -0.2) is 31.2 Å². The number of hydrogen-bond acceptors (Lipinski definition) is 5. The summed E-state index contributed by atoms with van der Waals surface area (Å²) in [7, 11) is 3.23. The lowest BCUT2D eigenvalue weighted by molar-refractivity contribution is -0.109. The van der Waals surface area contributed by atoms with Crippen LogP contribution in [0.2, 0.25) is 5.02 Å². The molecule has 0 amide bonds. The van der Waals surface area contributed by atoms with Crippen molar-refractivity contribution in [1.82, 2.24) is 5.01 Å². The average molecular weight is 449 g/mol. The molecule has 0 aliphatic carbocycles. The van der Waals surface area contributed by atoms with Gasteiger partial charge in [0, 0.05) is 23.4 Å². The van der Waals surface area contributed by atoms with Crippen LogP contribution in [0.25, 0.3) is 0 Å². The summed E-state index contributed by atoms with van der Waals surface area (Å²) in [6.45, 7) is 0. The normalized spacial score (nSPS) is 16.4. The van der Waals surface area contributed by atoms with E-state index in [-0.39, 0.29) is 12.1 Å². The topological polar surface area (TPSA) is 51.1 Å². The third-order valence-electron chi connectivity index (χ3n) is 5.75. The highest BCUT2D eigenvalue weighted by Crippen LogP contribution is 2.42. The Morgan fingerprint density at radius 3 is 2.44 bits per heavy atom. The molecule has 164 valence electrons. The number of carbonyl (C=O) groups excluding carboxylic acids is 1. The zero-order chi connectivity index (χ0) is 22.5. The summed E-state index contributed by atoms with van der Waals surface area (Å²) in [4.78, 5) is 11.6. The maximum atomic E-state index is 11.6. The minimum Gasteiger partial charge on any atom is -0.493 e. The van der Waals surface area contributed by atoms with Crippen LogP contribution in [-0.2, 0) is 4.79 Å². The lowest BCUT2D eigenvalue weighted by atomic mass is 9.95. The van der Waals surface area contributed by atoms with Crippen LogP contribution in [0, 0.1) is 0 Å². The largest absolute Gasteiger partial charge is 0.493 e. The lowest BCUT2D eigenvalue weighted by Gasteiger charge is -2.32. The van der Waals surface area contributed by atoms with Crippen LogP contribution in [0.15, 0.2) is 77.9 Å². The molecule has 0 bridgehead atoms. The molecule has 1 heterocycles. The van der Waals surface area contributed by atoms with E-state index in [0.717, 1.165) is 28.7 Å². The molecule has 0 spiro atoms. The second-order valence-corrected chi connectivity index (χ2v) is 7.97. The smallest absolute Gasteiger partial charge is 0.161 e. The summed E-state index contributed by atoms with van der Waals surface area (Å²) in [5.74, 6) is 1.31. The second kappa shape index (κ2) is 9.88. The molecule has 1 aliphatic rings. The molecule has 0 fully saturated rings. The Morgan fingerprint density at radius 1 is 1.03 bits per heavy atom. The monoisotopic (exact) mass is 448 g/mol. The highest BCUT2D eigenvalue weighted by atomic mass is 35.5. The molecule has 3 aromatic rings. The van der Waals surface area contributed by atoms with E-state index in [1.807, 2.05) is 77.8 Å². The first-order chi connectivity index (χ1) is 15.7. The fraction of sp³-hybridized carbons (Fsp3) is 0.231. The minimum atomic E-state index is -0.201. The fourth-order valence-electron chi connectivity index (χ4n) is 4.17. The van der Waals surface area contributed by atoms with Gasteiger partial charge in [-0.3, -0.25) is 5.01 Å². The van der Waals surface area contributed by atoms with Crippen molar-refractivity contribution in [2.45, 2.75) is 24.9 Å². The summed E-state index contributed by atoms with van der Waals surface area (Å²) in [6.07, 6.45) is 1.93. The van der Waals surface area contributed by atoms with Gasteiger partial charge in [-0.15, -0.1) is 0 Å². The van der Waals surface area contributed by atoms with Crippen molar-refractivity contribution in [2.75, 3.05) is 14.2 Å². The van der Waals surface area contributed by atoms with Crippen molar-refractivity contribution < 1.29 is 14.3 Å². The quantitative estimate of drug-likeness (QED) is 0.406. The van der Waals surface area contributed by atoms with Crippen LogP contribution < -0.4 is 9.47 Å². The van der Waals surface area contributed by atoms with E-state index in [0.29, 0.717) is 29.4 Å². The maximum Gasteiger partial charge on any atom is 0.161 e. The zero-order valence-electron chi connectivity index (χ0n) is 18.1. The van der Waals surface area contributed by atoms with Gasteiger partial charge in [0.05, 0.1) is 32.0 Å². The number of methoxy groups -OCH3 is 2. The zero-order valence-corrected chi connectivity index (χ0v) is 18.8. The van der Waals surface area contributed by atoms with Gasteiger partial charge >= 0.3 is 0 Å². The lowest BCUT2D eigenvalue weighted by Crippen LogP contribution is -2.25. The predicted octanol–water partition coefficient (Wildman–Crippen LogP) is 5.84. The maximum absolute atomic E-state index is 11.6. The fourth-order valence-corrected chi connectivity index (χ4v) is 4.43. The van der Waals surface area contributed by atoms with E-state index in [4.69, 9.17) is 26.2 Å². The van der Waals surface area contributed by atoms with Gasteiger partial charge in [0.15, 0.2) is 11.5 Å². The SMILES string of the molecule is COc1ccc(C2=NN(C(CC=O)c3ccccc3)C(c3ccccc3Cl)C2)cc1OC. The van der Waals surface area contributed by atoms with E-state index in [1.54, 1.807) is 14.2 Å². The molecule has 2 atom stereocenters. The molecule has 1 aliphatic heterocycles. The molecular weight excluding hydrogens is 424 g/mol. The molecule has 6 heteroatoms. The number of hydrazone groups is 1. The van der Waals surface area contributed by atoms with Crippen LogP contribution in [0.1, 0.15) is 41.6 Å². The Hall–Kier alpha value is -3.31. The van der Waals surface area contributed by atoms with E-state index in [2.05, 4.69) is 0 Å². The van der Waals surface area contributed by atoms with E-state index in [1.165, 1.54) is 0 Å². The summed E-state index contributed by atoms with van der Waals surface area (Å²) in [6, 6.07) is 23.3. The molecule has 32 heavy (non-hydrogen) atoms. The van der Waals surface area contributed by atoms with Gasteiger partial charge < -0.3 is 14.3 Å². The Morgan fingerprint density at radius 2 is 1.75 bits per heavy atom. The molecule has 5 nitrogen and oxygen atoms in total. The Balaban J connectivity index is 1.80. The molecular formula is C26H25ClN2O3. The van der Waals surface area contributed by atoms with E-state index < -0.39 is 0 Å². The highest BCUT2D eigenvalue weighted by molar-refractivity contribution is 6.31. The van der Waals surface area contributed by atoms with Gasteiger partial charge in [0.1, 0.15) is 6.29 Å². The van der Waals surface area contributed by atoms with Crippen molar-refractivity contribution in [1.29, 1.82) is 0 Å². The molecule has 3 aromatic carbocycles. The number of aldehydes is 1. The van der Waals surface area contributed by atoms with Crippen molar-refractivity contribution in [2.24, 2.45) is 5.10 Å². The molecule has 0 N–H and O–H groups in total. The molecule has 0 saturated carbocycles. The van der Waals surface area contributed by atoms with Crippen molar-refractivity contribution >= 4 is 23.6 Å². The number of nitrogens with zero attached hydrogens (tertiary/aromatic N) is 2. The van der Waals surface area contributed by atoms with E-state index >= 15 is 0 Å². The molecule has 0 aromatic heterocycles. The number of hydrogen-bond donors (Lipinski definition) is 0. The van der Waals surface area contributed by atoms with Gasteiger partial charge in [-0.2, -0.15) is 5.10 Å². The Bertz CT molecular complexity index is 1120. The Labute approximate surface area is 193 Å². The molecule has 0 saturated heterocycles. The Kier molecular flexibility index (Phi) is 6.76. The number of carbonyl (C=O) groups is 1. The van der Waals surface area contributed by atoms with Crippen molar-refractivity contribution in [3.8, 4) is 11.5 Å². The summed E-state index contributed by atoms with van der Waals surface area (Å²) in [5, 5.41) is 7.73. The van der Waals surface area contributed by atoms with Gasteiger partial charge in [0.2, 0.25) is 0 Å². The minimum absolute atomic E-state index is 0.100. The third kappa shape index (κ3) is 4.34. The first-order valence-corrected chi connectivity index (χ1v) is 10.8. The highest BCUT2D eigenvalue weighted by Gasteiger charge is 2.35. The second-order valence-electron chi connectivity index (χ2n) is 7.57. The van der Waals surface area contributed by atoms with Crippen LogP contribution in [0.5, 0.6) is 11.5 Å². The first-order valence-electron chi connectivity index (χ1n) is 10.5. The number of rotatable bonds is 8. The van der Waals surface area contributed by atoms with Gasteiger partial charge in [-0.25, -0.2) is 0 Å². The van der Waals surface area contributed by atoms with Gasteiger partial charge in [-0.1, -0.05) is 60.1 Å². The number of halogens is 1. The van der Waals surface area contributed by atoms with Crippen molar-refractivity contribution in [3.05, 3.63) is 94.5 Å². The van der Waals surface area contributed by atoms with Crippen LogP contribution in [0.3, 0.4) is 0 Å². The van der Waals surface area contributed by atoms with Crippen LogP contribution >= 0.6 is 11.6 Å². The first kappa shape index (κ1) is 21.9.